The van der Waals surface area contributed by atoms with Crippen molar-refractivity contribution in [3.8, 4) is 5.69 Å². The number of hydrogen-bond donors (Lipinski definition) is 1. The second-order valence-corrected chi connectivity index (χ2v) is 4.27. The summed E-state index contributed by atoms with van der Waals surface area (Å²) in [6, 6.07) is 12.5. The maximum atomic E-state index is 13.1. The van der Waals surface area contributed by atoms with Gasteiger partial charge in [-0.25, -0.2) is 9.07 Å². The number of tetrazole rings is 1. The molecule has 0 aliphatic rings. The maximum Gasteiger partial charge on any atom is 0.255 e. The Morgan fingerprint density at radius 1 is 1.14 bits per heavy atom. The van der Waals surface area contributed by atoms with Crippen molar-refractivity contribution in [2.45, 2.75) is 0 Å². The minimum absolute atomic E-state index is 0.253. The van der Waals surface area contributed by atoms with Gasteiger partial charge in [-0.2, -0.15) is 0 Å². The van der Waals surface area contributed by atoms with Crippen LogP contribution in [-0.2, 0) is 0 Å². The number of halogens is 1. The molecule has 2 aromatic carbocycles. The molecule has 7 heteroatoms. The molecule has 0 saturated heterocycles. The second kappa shape index (κ2) is 5.49. The quantitative estimate of drug-likeness (QED) is 0.798. The maximum absolute atomic E-state index is 13.1. The molecule has 0 unspecified atom stereocenters. The van der Waals surface area contributed by atoms with Crippen LogP contribution in [-0.4, -0.2) is 26.1 Å². The summed E-state index contributed by atoms with van der Waals surface area (Å²) >= 11 is 0. The van der Waals surface area contributed by atoms with Gasteiger partial charge >= 0.3 is 0 Å². The average Bonchev–Trinajstić information content (AvgIpc) is 3.02. The van der Waals surface area contributed by atoms with Gasteiger partial charge in [0.2, 0.25) is 0 Å². The Labute approximate surface area is 119 Å². The van der Waals surface area contributed by atoms with E-state index in [-0.39, 0.29) is 11.5 Å². The second-order valence-electron chi connectivity index (χ2n) is 4.27. The fourth-order valence-electron chi connectivity index (χ4n) is 1.84. The van der Waals surface area contributed by atoms with Crippen LogP contribution < -0.4 is 5.32 Å². The van der Waals surface area contributed by atoms with E-state index in [2.05, 4.69) is 20.8 Å². The first-order valence-electron chi connectivity index (χ1n) is 6.13. The number of nitrogens with one attached hydrogen (secondary N) is 1. The monoisotopic (exact) mass is 283 g/mol. The van der Waals surface area contributed by atoms with Crippen LogP contribution in [0.4, 0.5) is 10.1 Å². The van der Waals surface area contributed by atoms with Gasteiger partial charge < -0.3 is 5.32 Å². The normalized spacial score (nSPS) is 10.3. The van der Waals surface area contributed by atoms with E-state index >= 15 is 0 Å². The van der Waals surface area contributed by atoms with Crippen molar-refractivity contribution in [1.82, 2.24) is 20.2 Å². The van der Waals surface area contributed by atoms with Crippen molar-refractivity contribution < 1.29 is 9.18 Å². The molecule has 0 saturated carbocycles. The zero-order chi connectivity index (χ0) is 14.7. The van der Waals surface area contributed by atoms with Gasteiger partial charge in [0.05, 0.1) is 5.69 Å². The van der Waals surface area contributed by atoms with Crippen molar-refractivity contribution in [3.05, 3.63) is 66.2 Å². The zero-order valence-corrected chi connectivity index (χ0v) is 10.8. The summed E-state index contributed by atoms with van der Waals surface area (Å²) in [6.45, 7) is 0. The Balaban J connectivity index is 1.82. The van der Waals surface area contributed by atoms with Crippen LogP contribution in [0.5, 0.6) is 0 Å². The SMILES string of the molecule is O=C(Nc1cccc(-n2cnnn2)c1)c1cccc(F)c1. The van der Waals surface area contributed by atoms with E-state index in [4.69, 9.17) is 0 Å². The fraction of sp³-hybridized carbons (Fsp3) is 0. The molecule has 1 heterocycles. The summed E-state index contributed by atoms with van der Waals surface area (Å²) < 4.78 is 14.6. The summed E-state index contributed by atoms with van der Waals surface area (Å²) in [6.07, 6.45) is 1.45. The fourth-order valence-corrected chi connectivity index (χ4v) is 1.84. The number of carbonyl (C=O) groups excluding carboxylic acids is 1. The summed E-state index contributed by atoms with van der Waals surface area (Å²) in [5, 5.41) is 13.6. The Morgan fingerprint density at radius 2 is 2.00 bits per heavy atom. The molecule has 104 valence electrons. The number of hydrogen-bond acceptors (Lipinski definition) is 4. The first-order chi connectivity index (χ1) is 10.2. The molecule has 1 amide bonds. The van der Waals surface area contributed by atoms with Crippen LogP contribution >= 0.6 is 0 Å². The van der Waals surface area contributed by atoms with Crippen LogP contribution in [0.25, 0.3) is 5.69 Å². The van der Waals surface area contributed by atoms with Gasteiger partial charge in [0.1, 0.15) is 12.1 Å². The van der Waals surface area contributed by atoms with Gasteiger partial charge in [-0.1, -0.05) is 12.1 Å². The molecular formula is C14H10FN5O. The lowest BCUT2D eigenvalue weighted by molar-refractivity contribution is 0.102. The molecule has 0 atom stereocenters. The standard InChI is InChI=1S/C14H10FN5O/c15-11-4-1-3-10(7-11)14(21)17-12-5-2-6-13(8-12)20-9-16-18-19-20/h1-9H,(H,17,21). The Hall–Kier alpha value is -3.09. The molecule has 1 aromatic heterocycles. The highest BCUT2D eigenvalue weighted by atomic mass is 19.1. The van der Waals surface area contributed by atoms with E-state index in [9.17, 15) is 9.18 Å². The third-order valence-corrected chi connectivity index (χ3v) is 2.80. The van der Waals surface area contributed by atoms with E-state index < -0.39 is 5.82 Å². The minimum Gasteiger partial charge on any atom is -0.322 e. The van der Waals surface area contributed by atoms with Gasteiger partial charge in [-0.05, 0) is 46.8 Å². The molecule has 0 fully saturated rings. The number of amides is 1. The van der Waals surface area contributed by atoms with Gasteiger partial charge in [0, 0.05) is 11.3 Å². The number of rotatable bonds is 3. The van der Waals surface area contributed by atoms with E-state index in [0.717, 1.165) is 0 Å². The largest absolute Gasteiger partial charge is 0.322 e. The van der Waals surface area contributed by atoms with Crippen LogP contribution in [0.15, 0.2) is 54.9 Å². The Kier molecular flexibility index (Phi) is 3.38. The molecule has 0 bridgehead atoms. The first-order valence-corrected chi connectivity index (χ1v) is 6.13. The summed E-state index contributed by atoms with van der Waals surface area (Å²) in [4.78, 5) is 12.0. The van der Waals surface area contributed by atoms with Crippen molar-refractivity contribution in [3.63, 3.8) is 0 Å². The van der Waals surface area contributed by atoms with E-state index in [1.165, 1.54) is 29.2 Å². The van der Waals surface area contributed by atoms with Gasteiger partial charge in [0.25, 0.3) is 5.91 Å². The number of nitrogens with zero attached hydrogens (tertiary/aromatic N) is 4. The highest BCUT2D eigenvalue weighted by molar-refractivity contribution is 6.04. The minimum atomic E-state index is -0.454. The van der Waals surface area contributed by atoms with Crippen LogP contribution in [0.1, 0.15) is 10.4 Å². The van der Waals surface area contributed by atoms with Crippen LogP contribution in [0, 0.1) is 5.82 Å². The van der Waals surface area contributed by atoms with Gasteiger partial charge in [-0.15, -0.1) is 5.10 Å². The number of aromatic nitrogens is 4. The zero-order valence-electron chi connectivity index (χ0n) is 10.8. The highest BCUT2D eigenvalue weighted by Crippen LogP contribution is 2.15. The average molecular weight is 283 g/mol. The smallest absolute Gasteiger partial charge is 0.255 e. The molecule has 3 aromatic rings. The van der Waals surface area contributed by atoms with Gasteiger partial charge in [-0.3, -0.25) is 4.79 Å². The number of benzene rings is 2. The summed E-state index contributed by atoms with van der Waals surface area (Å²) in [5.41, 5.74) is 1.53. The van der Waals surface area contributed by atoms with Gasteiger partial charge in [0.15, 0.2) is 0 Å². The molecule has 0 aliphatic carbocycles. The van der Waals surface area contributed by atoms with E-state index in [1.807, 2.05) is 0 Å². The Morgan fingerprint density at radius 3 is 2.76 bits per heavy atom. The molecule has 1 N–H and O–H groups in total. The topological polar surface area (TPSA) is 72.7 Å². The number of carbonyl (C=O) groups is 1. The van der Waals surface area contributed by atoms with Crippen LogP contribution in [0.2, 0.25) is 0 Å². The molecule has 6 nitrogen and oxygen atoms in total. The predicted octanol–water partition coefficient (Wildman–Crippen LogP) is 2.05. The lowest BCUT2D eigenvalue weighted by Gasteiger charge is -2.07. The molecule has 3 rings (SSSR count). The van der Waals surface area contributed by atoms with E-state index in [1.54, 1.807) is 30.3 Å². The van der Waals surface area contributed by atoms with Crippen molar-refractivity contribution >= 4 is 11.6 Å². The molecule has 0 radical (unpaired) electrons. The third-order valence-electron chi connectivity index (χ3n) is 2.80. The summed E-state index contributed by atoms with van der Waals surface area (Å²) in [7, 11) is 0. The molecular weight excluding hydrogens is 273 g/mol. The van der Waals surface area contributed by atoms with E-state index in [0.29, 0.717) is 11.4 Å². The van der Waals surface area contributed by atoms with Crippen LogP contribution in [0.3, 0.4) is 0 Å². The predicted molar refractivity (Wildman–Crippen MR) is 73.5 cm³/mol. The molecule has 0 spiro atoms. The highest BCUT2D eigenvalue weighted by Gasteiger charge is 2.07. The Bertz CT molecular complexity index is 773. The van der Waals surface area contributed by atoms with Crippen molar-refractivity contribution in [2.75, 3.05) is 5.32 Å². The lowest BCUT2D eigenvalue weighted by Crippen LogP contribution is -2.12. The molecule has 21 heavy (non-hydrogen) atoms. The van der Waals surface area contributed by atoms with Crippen molar-refractivity contribution in [2.24, 2.45) is 0 Å². The molecule has 0 aliphatic heterocycles. The number of anilines is 1. The summed E-state index contributed by atoms with van der Waals surface area (Å²) in [5.74, 6) is -0.839. The third kappa shape index (κ3) is 2.92. The lowest BCUT2D eigenvalue weighted by atomic mass is 10.2. The first kappa shape index (κ1) is 12.9. The van der Waals surface area contributed by atoms with Crippen molar-refractivity contribution in [1.29, 1.82) is 0 Å².